The monoisotopic (exact) mass is 757 g/mol. The number of piperazine rings is 1. The predicted molar refractivity (Wildman–Crippen MR) is 209 cm³/mol. The van der Waals surface area contributed by atoms with E-state index in [0.29, 0.717) is 48.3 Å². The average molecular weight is 758 g/mol. The number of anilines is 2. The van der Waals surface area contributed by atoms with Gasteiger partial charge in [-0.1, -0.05) is 6.07 Å². The van der Waals surface area contributed by atoms with Crippen LogP contribution >= 0.6 is 0 Å². The van der Waals surface area contributed by atoms with Gasteiger partial charge in [0.1, 0.15) is 12.3 Å². The van der Waals surface area contributed by atoms with E-state index >= 15 is 0 Å². The van der Waals surface area contributed by atoms with Crippen LogP contribution in [0.5, 0.6) is 5.75 Å². The summed E-state index contributed by atoms with van der Waals surface area (Å²) in [5.74, 6) is 1.00. The molecular weight excluding hydrogens is 715 g/mol. The van der Waals surface area contributed by atoms with Crippen molar-refractivity contribution in [2.24, 2.45) is 5.92 Å². The van der Waals surface area contributed by atoms with Crippen molar-refractivity contribution in [3.63, 3.8) is 0 Å². The van der Waals surface area contributed by atoms with Crippen LogP contribution in [0, 0.1) is 5.92 Å². The van der Waals surface area contributed by atoms with Gasteiger partial charge in [0.2, 0.25) is 11.8 Å². The number of nitrogens with one attached hydrogen (secondary N) is 2. The molecule has 2 aliphatic heterocycles. The number of imide groups is 1. The minimum Gasteiger partial charge on any atom is -0.496 e. The lowest BCUT2D eigenvalue weighted by molar-refractivity contribution is -0.133. The maximum absolute atomic E-state index is 13.4. The van der Waals surface area contributed by atoms with Crippen LogP contribution in [-0.4, -0.2) is 109 Å². The highest BCUT2D eigenvalue weighted by molar-refractivity contribution is 6.10. The van der Waals surface area contributed by atoms with E-state index < -0.39 is 6.03 Å². The van der Waals surface area contributed by atoms with E-state index in [1.165, 1.54) is 0 Å². The molecule has 0 bridgehead atoms. The van der Waals surface area contributed by atoms with Gasteiger partial charge in [0.05, 0.1) is 41.6 Å². The van der Waals surface area contributed by atoms with Gasteiger partial charge in [-0.05, 0) is 68.0 Å². The van der Waals surface area contributed by atoms with Gasteiger partial charge in [-0.25, -0.2) is 9.78 Å². The van der Waals surface area contributed by atoms with Gasteiger partial charge in [0, 0.05) is 81.1 Å². The van der Waals surface area contributed by atoms with E-state index in [4.69, 9.17) is 9.84 Å². The van der Waals surface area contributed by atoms with Gasteiger partial charge in [-0.2, -0.15) is 14.7 Å². The Bertz CT molecular complexity index is 2470. The number of amides is 5. The summed E-state index contributed by atoms with van der Waals surface area (Å²) < 4.78 is 11.2. The lowest BCUT2D eigenvalue weighted by Crippen LogP contribution is -2.50. The van der Waals surface area contributed by atoms with Crippen molar-refractivity contribution in [3.05, 3.63) is 78.9 Å². The summed E-state index contributed by atoms with van der Waals surface area (Å²) in [7, 11) is 1.55. The minimum atomic E-state index is -0.422. The Balaban J connectivity index is 0.770. The molecule has 3 aliphatic rings. The molecule has 6 aromatic rings. The Morgan fingerprint density at radius 2 is 1.82 bits per heavy atom. The molecule has 1 saturated carbocycles. The van der Waals surface area contributed by atoms with E-state index in [0.717, 1.165) is 72.8 Å². The normalized spacial score (nSPS) is 19.5. The fourth-order valence-electron chi connectivity index (χ4n) is 8.46. The summed E-state index contributed by atoms with van der Waals surface area (Å²) >= 11 is 0. The molecule has 2 aromatic carbocycles. The minimum absolute atomic E-state index is 0.0792. The number of carbonyl (C=O) groups is 4. The van der Waals surface area contributed by atoms with Crippen molar-refractivity contribution in [2.45, 2.75) is 44.7 Å². The lowest BCUT2D eigenvalue weighted by Gasteiger charge is -2.38. The Morgan fingerprint density at radius 1 is 0.982 bits per heavy atom. The number of ether oxygens (including phenoxy) is 1. The molecule has 2 saturated heterocycles. The van der Waals surface area contributed by atoms with Gasteiger partial charge in [0.25, 0.3) is 5.91 Å². The number of methoxy groups -OCH3 is 1. The van der Waals surface area contributed by atoms with Gasteiger partial charge in [-0.15, -0.1) is 0 Å². The van der Waals surface area contributed by atoms with E-state index in [-0.39, 0.29) is 36.7 Å². The molecule has 0 spiro atoms. The molecule has 0 radical (unpaired) electrons. The van der Waals surface area contributed by atoms with Gasteiger partial charge in [-0.3, -0.25) is 34.2 Å². The predicted octanol–water partition coefficient (Wildman–Crippen LogP) is 4.32. The van der Waals surface area contributed by atoms with Gasteiger partial charge < -0.3 is 19.5 Å². The number of nitrogens with zero attached hydrogens (tertiary/aromatic N) is 9. The number of imidazole rings is 1. The highest BCUT2D eigenvalue weighted by Crippen LogP contribution is 2.35. The summed E-state index contributed by atoms with van der Waals surface area (Å²) in [5.41, 5.74) is 3.44. The summed E-state index contributed by atoms with van der Waals surface area (Å²) in [5, 5.41) is 16.2. The van der Waals surface area contributed by atoms with E-state index in [1.807, 2.05) is 64.3 Å². The highest BCUT2D eigenvalue weighted by Gasteiger charge is 2.29. The molecule has 16 heteroatoms. The molecule has 3 fully saturated rings. The zero-order valence-corrected chi connectivity index (χ0v) is 31.1. The Hall–Kier alpha value is -6.29. The van der Waals surface area contributed by atoms with Crippen molar-refractivity contribution in [2.75, 3.05) is 56.6 Å². The van der Waals surface area contributed by atoms with Crippen molar-refractivity contribution < 1.29 is 23.9 Å². The SMILES string of the molecule is COc1cc2nn(C3CCC(CN4CCN(C(=O)Cn5ccc6c(N7CCC(=O)NC7=O)cccc65)CC4)CC3)cc2cc1C(=O)Nc1cnc2cccnn12. The fraction of sp³-hybridized carbons (Fsp3) is 0.375. The molecule has 0 atom stereocenters. The summed E-state index contributed by atoms with van der Waals surface area (Å²) in [6.07, 6.45) is 11.7. The molecule has 6 heterocycles. The highest BCUT2D eigenvalue weighted by atomic mass is 16.5. The van der Waals surface area contributed by atoms with E-state index in [9.17, 15) is 19.2 Å². The van der Waals surface area contributed by atoms with Crippen molar-refractivity contribution >= 4 is 62.7 Å². The molecule has 0 unspecified atom stereocenters. The number of aromatic nitrogens is 6. The molecular formula is C40H43N11O5. The molecule has 16 nitrogen and oxygen atoms in total. The molecule has 2 N–H and O–H groups in total. The first kappa shape index (κ1) is 35.4. The van der Waals surface area contributed by atoms with Crippen LogP contribution in [0.1, 0.15) is 48.5 Å². The Morgan fingerprint density at radius 3 is 2.62 bits per heavy atom. The standard InChI is InChI=1S/C40H43N11O5/c1-56-34-21-31-27(20-30(34)39(54)43-36-22-41-35-6-3-13-42-51(35)36)24-50(45-31)28-9-7-26(8-10-28)23-46-16-18-47(19-17-46)38(53)25-48-14-11-29-32(48)4-2-5-33(29)49-15-12-37(52)44-40(49)55/h2-6,11,13-14,20-22,24,26,28H,7-10,12,15-19,23,25H2,1H3,(H,43,54)(H,44,52,55). The quantitative estimate of drug-likeness (QED) is 0.219. The first-order valence-electron chi connectivity index (χ1n) is 19.2. The van der Waals surface area contributed by atoms with Crippen molar-refractivity contribution in [1.82, 2.24) is 44.1 Å². The molecule has 56 heavy (non-hydrogen) atoms. The lowest BCUT2D eigenvalue weighted by atomic mass is 9.85. The molecule has 5 amide bonds. The second kappa shape index (κ2) is 14.7. The second-order valence-electron chi connectivity index (χ2n) is 14.9. The smallest absolute Gasteiger partial charge is 0.328 e. The second-order valence-corrected chi connectivity index (χ2v) is 14.9. The van der Waals surface area contributed by atoms with Crippen LogP contribution in [0.2, 0.25) is 0 Å². The number of carbonyl (C=O) groups excluding carboxylic acids is 4. The van der Waals surface area contributed by atoms with Crippen LogP contribution in [0.4, 0.5) is 16.3 Å². The zero-order chi connectivity index (χ0) is 38.3. The summed E-state index contributed by atoms with van der Waals surface area (Å²) in [6.45, 7) is 4.66. The Kier molecular flexibility index (Phi) is 9.33. The van der Waals surface area contributed by atoms with E-state index in [2.05, 4.69) is 30.3 Å². The number of benzene rings is 2. The summed E-state index contributed by atoms with van der Waals surface area (Å²) in [4.78, 5) is 61.3. The number of hydrogen-bond donors (Lipinski definition) is 2. The third-order valence-corrected chi connectivity index (χ3v) is 11.5. The first-order chi connectivity index (χ1) is 27.3. The van der Waals surface area contributed by atoms with Gasteiger partial charge in [0.15, 0.2) is 11.5 Å². The third-order valence-electron chi connectivity index (χ3n) is 11.5. The first-order valence-corrected chi connectivity index (χ1v) is 19.2. The maximum Gasteiger partial charge on any atom is 0.328 e. The van der Waals surface area contributed by atoms with Crippen molar-refractivity contribution in [3.8, 4) is 5.75 Å². The zero-order valence-electron chi connectivity index (χ0n) is 31.1. The Labute approximate surface area is 322 Å². The topological polar surface area (TPSA) is 164 Å². The largest absolute Gasteiger partial charge is 0.496 e. The van der Waals surface area contributed by atoms with Gasteiger partial charge >= 0.3 is 6.03 Å². The molecule has 9 rings (SSSR count). The fourth-order valence-corrected chi connectivity index (χ4v) is 8.46. The number of hydrogen-bond acceptors (Lipinski definition) is 9. The maximum atomic E-state index is 13.4. The van der Waals surface area contributed by atoms with E-state index in [1.54, 1.807) is 35.0 Å². The average Bonchev–Trinajstić information content (AvgIpc) is 3.95. The number of fused-ring (bicyclic) bond motifs is 3. The van der Waals surface area contributed by atoms with Crippen LogP contribution < -0.4 is 20.3 Å². The number of rotatable bonds is 9. The number of urea groups is 1. The van der Waals surface area contributed by atoms with Crippen LogP contribution in [0.3, 0.4) is 0 Å². The van der Waals surface area contributed by atoms with Crippen molar-refractivity contribution in [1.29, 1.82) is 0 Å². The molecule has 288 valence electrons. The third kappa shape index (κ3) is 6.80. The molecule has 4 aromatic heterocycles. The van der Waals surface area contributed by atoms with Crippen LogP contribution in [0.25, 0.3) is 27.5 Å². The summed E-state index contributed by atoms with van der Waals surface area (Å²) in [6, 6.07) is 14.8. The van der Waals surface area contributed by atoms with Crippen LogP contribution in [0.15, 0.2) is 73.3 Å². The molecule has 1 aliphatic carbocycles. The van der Waals surface area contributed by atoms with Crippen LogP contribution in [-0.2, 0) is 16.1 Å².